The highest BCUT2D eigenvalue weighted by Gasteiger charge is 2.41. The summed E-state index contributed by atoms with van der Waals surface area (Å²) in [6.45, 7) is 3.20. The molecule has 43 heavy (non-hydrogen) atoms. The lowest BCUT2D eigenvalue weighted by Crippen LogP contribution is -2.35. The van der Waals surface area contributed by atoms with Gasteiger partial charge in [-0.15, -0.1) is 11.3 Å². The molecule has 1 aromatic heterocycles. The molecule has 4 aromatic rings. The van der Waals surface area contributed by atoms with Gasteiger partial charge in [-0.05, 0) is 54.6 Å². The maximum absolute atomic E-state index is 16.0. The van der Waals surface area contributed by atoms with Gasteiger partial charge in [-0.1, -0.05) is 31.2 Å². The molecule has 3 aromatic carbocycles. The Balaban J connectivity index is 1.63. The summed E-state index contributed by atoms with van der Waals surface area (Å²) < 4.78 is 114. The van der Waals surface area contributed by atoms with Crippen molar-refractivity contribution in [3.05, 3.63) is 94.1 Å². The molecular weight excluding hydrogens is 623 g/mol. The van der Waals surface area contributed by atoms with E-state index in [2.05, 4.69) is 9.82 Å². The number of thiophene rings is 1. The van der Waals surface area contributed by atoms with Gasteiger partial charge in [0.15, 0.2) is 0 Å². The Morgan fingerprint density at radius 1 is 0.930 bits per heavy atom. The first-order chi connectivity index (χ1) is 20.4. The van der Waals surface area contributed by atoms with Crippen LogP contribution in [-0.2, 0) is 14.1 Å². The minimum absolute atomic E-state index is 0.0462. The van der Waals surface area contributed by atoms with E-state index in [-0.39, 0.29) is 28.2 Å². The number of hydrogen-bond donors (Lipinski definition) is 1. The molecule has 3 atom stereocenters. The van der Waals surface area contributed by atoms with Crippen LogP contribution in [0.2, 0.25) is 0 Å². The molecule has 0 aliphatic rings. The van der Waals surface area contributed by atoms with Gasteiger partial charge in [0.05, 0.1) is 6.61 Å². The zero-order chi connectivity index (χ0) is 31.5. The van der Waals surface area contributed by atoms with Crippen molar-refractivity contribution in [1.29, 1.82) is 0 Å². The van der Waals surface area contributed by atoms with E-state index in [0.29, 0.717) is 11.1 Å². The van der Waals surface area contributed by atoms with Crippen molar-refractivity contribution in [1.82, 2.24) is 5.09 Å². The third-order valence-corrected chi connectivity index (χ3v) is 9.06. The molecule has 0 spiro atoms. The summed E-state index contributed by atoms with van der Waals surface area (Å²) in [5.41, 5.74) is -0.189. The number of halogens is 6. The van der Waals surface area contributed by atoms with Crippen LogP contribution in [0.25, 0.3) is 10.1 Å². The smallest absolute Gasteiger partial charge is 0.355 e. The molecule has 0 saturated carbocycles. The van der Waals surface area contributed by atoms with Crippen molar-refractivity contribution in [2.45, 2.75) is 32.2 Å². The number of esters is 2. The summed E-state index contributed by atoms with van der Waals surface area (Å²) >= 11 is 0.720. The van der Waals surface area contributed by atoms with Gasteiger partial charge in [0.1, 0.15) is 16.7 Å². The molecule has 0 radical (unpaired) electrons. The fourth-order valence-corrected chi connectivity index (χ4v) is 6.58. The van der Waals surface area contributed by atoms with Crippen LogP contribution in [0.3, 0.4) is 0 Å². The van der Waals surface area contributed by atoms with E-state index in [1.165, 1.54) is 37.3 Å². The van der Waals surface area contributed by atoms with E-state index in [9.17, 15) is 36.1 Å². The molecule has 7 nitrogen and oxygen atoms in total. The van der Waals surface area contributed by atoms with E-state index < -0.39 is 66.2 Å². The molecule has 0 aliphatic heterocycles. The van der Waals surface area contributed by atoms with Crippen molar-refractivity contribution in [3.8, 4) is 11.5 Å². The summed E-state index contributed by atoms with van der Waals surface area (Å²) in [4.78, 5) is 24.6. The Bertz CT molecular complexity index is 1690. The van der Waals surface area contributed by atoms with E-state index >= 15 is 4.39 Å². The Kier molecular flexibility index (Phi) is 9.83. The average Bonchev–Trinajstić information content (AvgIpc) is 3.43. The largest absolute Gasteiger partial charge is 0.465 e. The van der Waals surface area contributed by atoms with E-state index in [1.807, 2.05) is 0 Å². The number of carbonyl (C=O) groups excluding carboxylic acids is 2. The highest BCUT2D eigenvalue weighted by atomic mass is 32.1. The second kappa shape index (κ2) is 13.2. The Labute approximate surface area is 244 Å². The molecule has 228 valence electrons. The maximum atomic E-state index is 16.0. The normalized spacial score (nSPS) is 14.1. The van der Waals surface area contributed by atoms with Crippen molar-refractivity contribution < 1.29 is 54.5 Å². The second-order valence-corrected chi connectivity index (χ2v) is 12.2. The fraction of sp³-hybridized carbons (Fsp3) is 0.214. The van der Waals surface area contributed by atoms with E-state index in [4.69, 9.17) is 9.26 Å². The van der Waals surface area contributed by atoms with E-state index in [0.717, 1.165) is 17.4 Å². The molecule has 0 bridgehead atoms. The number of hydrogen-bond acceptors (Lipinski definition) is 7. The lowest BCUT2D eigenvalue weighted by Gasteiger charge is -2.26. The number of nitrogens with one attached hydrogen (secondary N) is 1. The number of ether oxygens (including phenoxy) is 2. The quantitative estimate of drug-likeness (QED) is 0.0442. The van der Waals surface area contributed by atoms with Gasteiger partial charge in [-0.25, -0.2) is 27.4 Å². The minimum Gasteiger partial charge on any atom is -0.465 e. The van der Waals surface area contributed by atoms with Crippen molar-refractivity contribution in [2.24, 2.45) is 0 Å². The zero-order valence-corrected chi connectivity index (χ0v) is 24.0. The molecule has 0 fully saturated rings. The lowest BCUT2D eigenvalue weighted by atomic mass is 10.2. The summed E-state index contributed by atoms with van der Waals surface area (Å²) in [6.07, 6.45) is 0.528. The summed E-state index contributed by atoms with van der Waals surface area (Å²) in [5.74, 6) is -18.0. The van der Waals surface area contributed by atoms with Gasteiger partial charge in [0.25, 0.3) is 0 Å². The summed E-state index contributed by atoms with van der Waals surface area (Å²) in [7, 11) is -4.55. The number of para-hydroxylation sites is 1. The Morgan fingerprint density at radius 3 is 2.19 bits per heavy atom. The molecule has 1 N–H and O–H groups in total. The summed E-state index contributed by atoms with van der Waals surface area (Å²) in [5, 5.41) is 2.62. The van der Waals surface area contributed by atoms with Gasteiger partial charge in [-0.2, -0.15) is 8.78 Å². The number of benzene rings is 3. The molecule has 4 rings (SSSR count). The number of rotatable bonds is 11. The van der Waals surface area contributed by atoms with Gasteiger partial charge >= 0.3 is 19.5 Å². The molecule has 1 heterocycles. The fourth-order valence-electron chi connectivity index (χ4n) is 3.75. The predicted molar refractivity (Wildman–Crippen MR) is 145 cm³/mol. The SMILES string of the molecule is CCCOC(=O)C(C)N[P@@](=O)(Oc1ccccc1)[C@H](F)c1ccc2sc(C(=O)Oc3c(F)c(F)c(F)c(F)c3F)cc2c1. The highest BCUT2D eigenvalue weighted by molar-refractivity contribution is 7.57. The average molecular weight is 646 g/mol. The van der Waals surface area contributed by atoms with Gasteiger partial charge in [0, 0.05) is 4.70 Å². The van der Waals surface area contributed by atoms with Gasteiger partial charge in [0.2, 0.25) is 40.7 Å². The predicted octanol–water partition coefficient (Wildman–Crippen LogP) is 7.99. The van der Waals surface area contributed by atoms with Crippen LogP contribution in [0, 0.1) is 29.1 Å². The van der Waals surface area contributed by atoms with Crippen LogP contribution >= 0.6 is 18.9 Å². The molecular formula is C28H22F6NO6PS. The van der Waals surface area contributed by atoms with Crippen LogP contribution < -0.4 is 14.3 Å². The van der Waals surface area contributed by atoms with E-state index in [1.54, 1.807) is 25.1 Å². The number of carbonyl (C=O) groups is 2. The van der Waals surface area contributed by atoms with Crippen LogP contribution in [0.4, 0.5) is 26.3 Å². The molecule has 15 heteroatoms. The first kappa shape index (κ1) is 32.1. The monoisotopic (exact) mass is 645 g/mol. The minimum atomic E-state index is -4.55. The van der Waals surface area contributed by atoms with Crippen molar-refractivity contribution in [3.63, 3.8) is 0 Å². The Morgan fingerprint density at radius 2 is 1.56 bits per heavy atom. The number of alkyl halides is 1. The standard InChI is InChI=1S/C28H22F6NO6PS/c1-3-11-39-27(36)14(2)35-42(38,41-17-7-5-4-6-8-17)26(34)15-9-10-18-16(12-15)13-19(43-18)28(37)40-25-23(32)21(30)20(29)22(31)24(25)33/h4-10,12-14,26H,3,11H2,1-2H3,(H,35,38)/t14?,26-,42-/m0/s1. The maximum Gasteiger partial charge on any atom is 0.355 e. The van der Waals surface area contributed by atoms with Gasteiger partial charge in [-0.3, -0.25) is 9.36 Å². The topological polar surface area (TPSA) is 90.9 Å². The lowest BCUT2D eigenvalue weighted by molar-refractivity contribution is -0.145. The van der Waals surface area contributed by atoms with Crippen LogP contribution in [0.5, 0.6) is 11.5 Å². The molecule has 0 saturated heterocycles. The molecule has 1 unspecified atom stereocenters. The second-order valence-electron chi connectivity index (χ2n) is 9.05. The molecule has 0 aliphatic carbocycles. The third-order valence-electron chi connectivity index (χ3n) is 5.84. The first-order valence-corrected chi connectivity index (χ1v) is 15.1. The summed E-state index contributed by atoms with van der Waals surface area (Å²) in [6, 6.07) is 11.4. The number of fused-ring (bicyclic) bond motifs is 1. The first-order valence-electron chi connectivity index (χ1n) is 12.6. The Hall–Kier alpha value is -3.87. The molecule has 0 amide bonds. The van der Waals surface area contributed by atoms with Crippen LogP contribution in [-0.4, -0.2) is 24.6 Å². The van der Waals surface area contributed by atoms with Crippen molar-refractivity contribution >= 4 is 40.9 Å². The van der Waals surface area contributed by atoms with Crippen molar-refractivity contribution in [2.75, 3.05) is 6.61 Å². The van der Waals surface area contributed by atoms with Gasteiger partial charge < -0.3 is 14.0 Å². The zero-order valence-electron chi connectivity index (χ0n) is 22.3. The van der Waals surface area contributed by atoms with Crippen LogP contribution in [0.15, 0.2) is 54.6 Å². The van der Waals surface area contributed by atoms with Crippen LogP contribution in [0.1, 0.15) is 41.4 Å². The third kappa shape index (κ3) is 6.87. The highest BCUT2D eigenvalue weighted by Crippen LogP contribution is 2.58.